The molecule has 16 heavy (non-hydrogen) atoms. The Morgan fingerprint density at radius 3 is 2.38 bits per heavy atom. The Bertz CT molecular complexity index is 264. The second-order valence-electron chi connectivity index (χ2n) is 6.85. The summed E-state index contributed by atoms with van der Waals surface area (Å²) in [4.78, 5) is 0. The molecule has 0 N–H and O–H groups in total. The van der Waals surface area contributed by atoms with E-state index in [1.165, 1.54) is 31.3 Å². The summed E-state index contributed by atoms with van der Waals surface area (Å²) in [6.07, 6.45) is 7.34. The average Bonchev–Trinajstić information content (AvgIpc) is 2.16. The molecule has 92 valence electrons. The molecule has 0 aromatic heterocycles. The summed E-state index contributed by atoms with van der Waals surface area (Å²) < 4.78 is 6.08. The van der Waals surface area contributed by atoms with Crippen LogP contribution in [-0.2, 0) is 4.74 Å². The zero-order chi connectivity index (χ0) is 11.8. The Morgan fingerprint density at radius 1 is 1.25 bits per heavy atom. The zero-order valence-electron chi connectivity index (χ0n) is 11.1. The van der Waals surface area contributed by atoms with E-state index >= 15 is 0 Å². The van der Waals surface area contributed by atoms with Gasteiger partial charge in [0.15, 0.2) is 0 Å². The Kier molecular flexibility index (Phi) is 3.18. The van der Waals surface area contributed by atoms with Crippen LogP contribution in [-0.4, -0.2) is 12.2 Å². The van der Waals surface area contributed by atoms with Crippen molar-refractivity contribution < 1.29 is 4.74 Å². The van der Waals surface area contributed by atoms with Gasteiger partial charge in [0.25, 0.3) is 0 Å². The molecule has 0 unspecified atom stereocenters. The summed E-state index contributed by atoms with van der Waals surface area (Å²) in [5.41, 5.74) is 2.05. The van der Waals surface area contributed by atoms with Crippen molar-refractivity contribution in [2.24, 2.45) is 11.3 Å². The van der Waals surface area contributed by atoms with Crippen LogP contribution in [0.25, 0.3) is 0 Å². The molecule has 0 aromatic carbocycles. The Morgan fingerprint density at radius 2 is 1.88 bits per heavy atom. The van der Waals surface area contributed by atoms with Gasteiger partial charge in [0.05, 0.1) is 12.2 Å². The second kappa shape index (κ2) is 4.18. The molecule has 1 heterocycles. The first-order valence-electron chi connectivity index (χ1n) is 6.72. The van der Waals surface area contributed by atoms with Crippen LogP contribution in [0.15, 0.2) is 12.2 Å². The van der Waals surface area contributed by atoms with Crippen LogP contribution in [0.2, 0.25) is 0 Å². The van der Waals surface area contributed by atoms with Crippen LogP contribution in [0.5, 0.6) is 0 Å². The molecule has 0 radical (unpaired) electrons. The molecule has 1 nitrogen and oxygen atoms in total. The molecule has 1 heteroatoms. The first kappa shape index (κ1) is 12.2. The van der Waals surface area contributed by atoms with Gasteiger partial charge in [0.1, 0.15) is 0 Å². The lowest BCUT2D eigenvalue weighted by Gasteiger charge is -2.46. The van der Waals surface area contributed by atoms with Crippen LogP contribution in [0, 0.1) is 11.3 Å². The molecule has 1 saturated carbocycles. The van der Waals surface area contributed by atoms with Gasteiger partial charge in [0.2, 0.25) is 0 Å². The van der Waals surface area contributed by atoms with Crippen molar-refractivity contribution in [2.75, 3.05) is 6.61 Å². The molecular formula is C15H26O. The summed E-state index contributed by atoms with van der Waals surface area (Å²) >= 11 is 0. The Hall–Kier alpha value is -0.300. The van der Waals surface area contributed by atoms with Crippen molar-refractivity contribution in [1.29, 1.82) is 0 Å². The highest BCUT2D eigenvalue weighted by atomic mass is 16.5. The van der Waals surface area contributed by atoms with E-state index in [9.17, 15) is 0 Å². The van der Waals surface area contributed by atoms with Crippen molar-refractivity contribution in [3.8, 4) is 0 Å². The van der Waals surface area contributed by atoms with E-state index < -0.39 is 0 Å². The number of ether oxygens (including phenoxy) is 1. The molecule has 1 aliphatic carbocycles. The van der Waals surface area contributed by atoms with E-state index in [0.29, 0.717) is 5.41 Å². The Labute approximate surface area is 100 Å². The van der Waals surface area contributed by atoms with Gasteiger partial charge in [-0.3, -0.25) is 0 Å². The summed E-state index contributed by atoms with van der Waals surface area (Å²) in [6.45, 7) is 12.2. The van der Waals surface area contributed by atoms with Crippen LogP contribution >= 0.6 is 0 Å². The highest BCUT2D eigenvalue weighted by Gasteiger charge is 2.41. The lowest BCUT2D eigenvalue weighted by atomic mass is 9.66. The molecule has 1 aliphatic heterocycles. The van der Waals surface area contributed by atoms with E-state index in [0.717, 1.165) is 25.4 Å². The van der Waals surface area contributed by atoms with Gasteiger partial charge in [-0.2, -0.15) is 0 Å². The summed E-state index contributed by atoms with van der Waals surface area (Å²) in [5.74, 6) is 0.872. The largest absolute Gasteiger partial charge is 0.374 e. The summed E-state index contributed by atoms with van der Waals surface area (Å²) in [6, 6.07) is 0. The predicted molar refractivity (Wildman–Crippen MR) is 68.5 cm³/mol. The van der Waals surface area contributed by atoms with Crippen molar-refractivity contribution >= 4 is 0 Å². The van der Waals surface area contributed by atoms with Gasteiger partial charge < -0.3 is 4.74 Å². The third kappa shape index (κ3) is 2.51. The van der Waals surface area contributed by atoms with Gasteiger partial charge in [0, 0.05) is 0 Å². The molecule has 2 rings (SSSR count). The van der Waals surface area contributed by atoms with E-state index in [-0.39, 0.29) is 5.60 Å². The second-order valence-corrected chi connectivity index (χ2v) is 6.85. The van der Waals surface area contributed by atoms with Gasteiger partial charge in [-0.15, -0.1) is 0 Å². The van der Waals surface area contributed by atoms with E-state index in [2.05, 4.69) is 27.4 Å². The molecule has 0 atom stereocenters. The molecule has 1 spiro atoms. The summed E-state index contributed by atoms with van der Waals surface area (Å²) in [7, 11) is 0. The lowest BCUT2D eigenvalue weighted by molar-refractivity contribution is -0.0984. The molecule has 1 saturated heterocycles. The smallest absolute Gasteiger partial charge is 0.0719 e. The summed E-state index contributed by atoms with van der Waals surface area (Å²) in [5, 5.41) is 0. The van der Waals surface area contributed by atoms with Crippen molar-refractivity contribution in [3.63, 3.8) is 0 Å². The standard InChI is InChI=1S/C15H26O/c1-12-7-10-16-15(11-12)8-5-13(6-9-15)14(2,3)4/h13H,1,5-11H2,2-4H3. The van der Waals surface area contributed by atoms with Crippen LogP contribution in [0.4, 0.5) is 0 Å². The number of hydrogen-bond donors (Lipinski definition) is 0. The monoisotopic (exact) mass is 222 g/mol. The number of hydrogen-bond acceptors (Lipinski definition) is 1. The minimum Gasteiger partial charge on any atom is -0.374 e. The minimum absolute atomic E-state index is 0.178. The average molecular weight is 222 g/mol. The van der Waals surface area contributed by atoms with Crippen LogP contribution in [0.3, 0.4) is 0 Å². The number of rotatable bonds is 0. The predicted octanol–water partition coefficient (Wildman–Crippen LogP) is 4.33. The van der Waals surface area contributed by atoms with Crippen molar-refractivity contribution in [1.82, 2.24) is 0 Å². The topological polar surface area (TPSA) is 9.23 Å². The maximum absolute atomic E-state index is 6.08. The quantitative estimate of drug-likeness (QED) is 0.554. The van der Waals surface area contributed by atoms with E-state index in [4.69, 9.17) is 4.74 Å². The van der Waals surface area contributed by atoms with Gasteiger partial charge in [-0.05, 0) is 49.9 Å². The first-order chi connectivity index (χ1) is 7.41. The minimum atomic E-state index is 0.178. The molecule has 2 fully saturated rings. The lowest BCUT2D eigenvalue weighted by Crippen LogP contribution is -2.42. The fourth-order valence-electron chi connectivity index (χ4n) is 3.34. The Balaban J connectivity index is 1.96. The fourth-order valence-corrected chi connectivity index (χ4v) is 3.34. The van der Waals surface area contributed by atoms with E-state index in [1.54, 1.807) is 0 Å². The zero-order valence-corrected chi connectivity index (χ0v) is 11.1. The first-order valence-corrected chi connectivity index (χ1v) is 6.72. The third-order valence-corrected chi connectivity index (χ3v) is 4.56. The van der Waals surface area contributed by atoms with Crippen LogP contribution in [0.1, 0.15) is 59.3 Å². The van der Waals surface area contributed by atoms with Gasteiger partial charge >= 0.3 is 0 Å². The van der Waals surface area contributed by atoms with Crippen molar-refractivity contribution in [3.05, 3.63) is 12.2 Å². The molecule has 0 amide bonds. The third-order valence-electron chi connectivity index (χ3n) is 4.56. The van der Waals surface area contributed by atoms with Gasteiger partial charge in [-0.1, -0.05) is 32.9 Å². The maximum atomic E-state index is 6.08. The normalized spacial score (nSPS) is 36.7. The molecule has 0 bridgehead atoms. The van der Waals surface area contributed by atoms with Crippen LogP contribution < -0.4 is 0 Å². The fraction of sp³-hybridized carbons (Fsp3) is 0.867. The molecular weight excluding hydrogens is 196 g/mol. The van der Waals surface area contributed by atoms with Gasteiger partial charge in [-0.25, -0.2) is 0 Å². The highest BCUT2D eigenvalue weighted by molar-refractivity contribution is 5.06. The van der Waals surface area contributed by atoms with E-state index in [1.807, 2.05) is 0 Å². The molecule has 0 aromatic rings. The molecule has 2 aliphatic rings. The highest BCUT2D eigenvalue weighted by Crippen LogP contribution is 2.46. The van der Waals surface area contributed by atoms with Crippen molar-refractivity contribution in [2.45, 2.75) is 64.9 Å². The SMILES string of the molecule is C=C1CCOC2(CCC(C(C)(C)C)CC2)C1. The maximum Gasteiger partial charge on any atom is 0.0719 e.